The smallest absolute Gasteiger partial charge is 0.163 e. The molecule has 3 rings (SSSR count). The lowest BCUT2D eigenvalue weighted by Gasteiger charge is -2.39. The fourth-order valence-electron chi connectivity index (χ4n) is 3.37. The molecule has 1 fully saturated rings. The molecular formula is C20H25FN2O2. The number of ether oxygens (including phenoxy) is 2. The second-order valence-corrected chi connectivity index (χ2v) is 6.44. The van der Waals surface area contributed by atoms with Crippen LogP contribution < -0.4 is 9.47 Å². The topological polar surface area (TPSA) is 24.9 Å². The molecule has 0 aromatic heterocycles. The Kier molecular flexibility index (Phi) is 5.56. The van der Waals surface area contributed by atoms with E-state index >= 15 is 0 Å². The van der Waals surface area contributed by atoms with Gasteiger partial charge in [0.1, 0.15) is 5.82 Å². The van der Waals surface area contributed by atoms with E-state index in [2.05, 4.69) is 41.1 Å². The summed E-state index contributed by atoms with van der Waals surface area (Å²) >= 11 is 0. The minimum absolute atomic E-state index is 0.257. The molecule has 1 saturated heterocycles. The number of likely N-dealkylation sites (N-methyl/N-ethyl adjacent to an activating group) is 1. The zero-order chi connectivity index (χ0) is 17.8. The van der Waals surface area contributed by atoms with Crippen molar-refractivity contribution in [2.75, 3.05) is 40.9 Å². The summed E-state index contributed by atoms with van der Waals surface area (Å²) in [6.07, 6.45) is 0. The molecule has 0 saturated carbocycles. The van der Waals surface area contributed by atoms with Crippen LogP contribution >= 0.6 is 0 Å². The van der Waals surface area contributed by atoms with Gasteiger partial charge in [0, 0.05) is 43.9 Å². The standard InChI is InChI=1S/C20H25FN2O2/c1-22-9-10-23(14-18(22)15-7-5-4-6-8-15)13-16-11-19(24-2)20(25-3)12-17(16)21/h4-8,11-12,18H,9-10,13-14H2,1-3H3. The van der Waals surface area contributed by atoms with Crippen LogP contribution in [0.4, 0.5) is 4.39 Å². The normalized spacial score (nSPS) is 19.0. The highest BCUT2D eigenvalue weighted by atomic mass is 19.1. The third kappa shape index (κ3) is 3.94. The molecule has 4 nitrogen and oxygen atoms in total. The molecule has 0 N–H and O–H groups in total. The summed E-state index contributed by atoms with van der Waals surface area (Å²) in [4.78, 5) is 4.65. The van der Waals surface area contributed by atoms with Gasteiger partial charge in [-0.2, -0.15) is 0 Å². The van der Waals surface area contributed by atoms with Crippen LogP contribution in [0.3, 0.4) is 0 Å². The Morgan fingerprint density at radius 1 is 1.04 bits per heavy atom. The van der Waals surface area contributed by atoms with E-state index in [0.717, 1.165) is 19.6 Å². The Balaban J connectivity index is 1.77. The van der Waals surface area contributed by atoms with Crippen molar-refractivity contribution in [3.63, 3.8) is 0 Å². The molecule has 0 bridgehead atoms. The van der Waals surface area contributed by atoms with E-state index in [1.807, 2.05) is 6.07 Å². The van der Waals surface area contributed by atoms with E-state index in [-0.39, 0.29) is 5.82 Å². The zero-order valence-electron chi connectivity index (χ0n) is 15.0. The first-order valence-corrected chi connectivity index (χ1v) is 8.50. The summed E-state index contributed by atoms with van der Waals surface area (Å²) < 4.78 is 24.9. The van der Waals surface area contributed by atoms with Crippen molar-refractivity contribution in [3.05, 3.63) is 59.4 Å². The summed E-state index contributed by atoms with van der Waals surface area (Å²) in [6.45, 7) is 3.29. The lowest BCUT2D eigenvalue weighted by molar-refractivity contribution is 0.0896. The molecule has 134 valence electrons. The largest absolute Gasteiger partial charge is 0.493 e. The molecular weight excluding hydrogens is 319 g/mol. The Bertz CT molecular complexity index is 708. The molecule has 5 heteroatoms. The SMILES string of the molecule is COc1cc(F)c(CN2CCN(C)C(c3ccccc3)C2)cc1OC. The maximum Gasteiger partial charge on any atom is 0.163 e. The van der Waals surface area contributed by atoms with Crippen LogP contribution in [0.2, 0.25) is 0 Å². The molecule has 25 heavy (non-hydrogen) atoms. The Morgan fingerprint density at radius 2 is 1.72 bits per heavy atom. The first-order valence-electron chi connectivity index (χ1n) is 8.50. The number of benzene rings is 2. The van der Waals surface area contributed by atoms with Crippen LogP contribution in [-0.2, 0) is 6.54 Å². The second-order valence-electron chi connectivity index (χ2n) is 6.44. The predicted molar refractivity (Wildman–Crippen MR) is 96.6 cm³/mol. The van der Waals surface area contributed by atoms with Gasteiger partial charge >= 0.3 is 0 Å². The maximum absolute atomic E-state index is 14.4. The van der Waals surface area contributed by atoms with Crippen molar-refractivity contribution in [2.45, 2.75) is 12.6 Å². The van der Waals surface area contributed by atoms with Crippen LogP contribution in [0.5, 0.6) is 11.5 Å². The van der Waals surface area contributed by atoms with E-state index < -0.39 is 0 Å². The van der Waals surface area contributed by atoms with Gasteiger partial charge in [0.25, 0.3) is 0 Å². The van der Waals surface area contributed by atoms with Gasteiger partial charge in [-0.15, -0.1) is 0 Å². The molecule has 1 heterocycles. The van der Waals surface area contributed by atoms with Gasteiger partial charge < -0.3 is 9.47 Å². The third-order valence-corrected chi connectivity index (χ3v) is 4.86. The number of methoxy groups -OCH3 is 2. The van der Waals surface area contributed by atoms with Gasteiger partial charge in [-0.05, 0) is 18.7 Å². The molecule has 1 aliphatic heterocycles. The summed E-state index contributed by atoms with van der Waals surface area (Å²) in [5.74, 6) is 0.727. The van der Waals surface area contributed by atoms with Crippen molar-refractivity contribution in [3.8, 4) is 11.5 Å². The summed E-state index contributed by atoms with van der Waals surface area (Å²) in [7, 11) is 5.23. The highest BCUT2D eigenvalue weighted by Crippen LogP contribution is 2.31. The van der Waals surface area contributed by atoms with Gasteiger partial charge in [0.2, 0.25) is 0 Å². The third-order valence-electron chi connectivity index (χ3n) is 4.86. The quantitative estimate of drug-likeness (QED) is 0.831. The molecule has 1 aliphatic rings. The number of hydrogen-bond donors (Lipinski definition) is 0. The Morgan fingerprint density at radius 3 is 2.40 bits per heavy atom. The highest BCUT2D eigenvalue weighted by Gasteiger charge is 2.26. The predicted octanol–water partition coefficient (Wildman–Crippen LogP) is 3.33. The van der Waals surface area contributed by atoms with Crippen molar-refractivity contribution in [1.82, 2.24) is 9.80 Å². The minimum Gasteiger partial charge on any atom is -0.493 e. The van der Waals surface area contributed by atoms with Crippen LogP contribution in [0.1, 0.15) is 17.2 Å². The van der Waals surface area contributed by atoms with Crippen molar-refractivity contribution in [2.24, 2.45) is 0 Å². The lowest BCUT2D eigenvalue weighted by atomic mass is 10.0. The average molecular weight is 344 g/mol. The van der Waals surface area contributed by atoms with Crippen LogP contribution in [0.15, 0.2) is 42.5 Å². The van der Waals surface area contributed by atoms with Gasteiger partial charge in [0.05, 0.1) is 14.2 Å². The highest BCUT2D eigenvalue weighted by molar-refractivity contribution is 5.43. The summed E-state index contributed by atoms with van der Waals surface area (Å²) in [6, 6.07) is 13.9. The van der Waals surface area contributed by atoms with Crippen molar-refractivity contribution in [1.29, 1.82) is 0 Å². The number of piperazine rings is 1. The van der Waals surface area contributed by atoms with Gasteiger partial charge in [0.15, 0.2) is 11.5 Å². The Hall–Kier alpha value is -2.11. The first-order chi connectivity index (χ1) is 12.1. The second kappa shape index (κ2) is 7.85. The maximum atomic E-state index is 14.4. The summed E-state index contributed by atoms with van der Waals surface area (Å²) in [5, 5.41) is 0. The van der Waals surface area contributed by atoms with Crippen LogP contribution in [0.25, 0.3) is 0 Å². The zero-order valence-corrected chi connectivity index (χ0v) is 15.0. The monoisotopic (exact) mass is 344 g/mol. The molecule has 2 aromatic carbocycles. The summed E-state index contributed by atoms with van der Waals surface area (Å²) in [5.41, 5.74) is 1.93. The van der Waals surface area contributed by atoms with Crippen LogP contribution in [0, 0.1) is 5.82 Å². The van der Waals surface area contributed by atoms with Gasteiger partial charge in [-0.25, -0.2) is 4.39 Å². The molecule has 2 aromatic rings. The van der Waals surface area contributed by atoms with Gasteiger partial charge in [-0.1, -0.05) is 30.3 Å². The van der Waals surface area contributed by atoms with E-state index in [1.54, 1.807) is 13.2 Å². The molecule has 1 atom stereocenters. The van der Waals surface area contributed by atoms with Crippen molar-refractivity contribution >= 4 is 0 Å². The van der Waals surface area contributed by atoms with Crippen molar-refractivity contribution < 1.29 is 13.9 Å². The lowest BCUT2D eigenvalue weighted by Crippen LogP contribution is -2.46. The number of hydrogen-bond acceptors (Lipinski definition) is 4. The van der Waals surface area contributed by atoms with E-state index in [1.165, 1.54) is 18.7 Å². The number of rotatable bonds is 5. The van der Waals surface area contributed by atoms with E-state index in [0.29, 0.717) is 29.6 Å². The number of nitrogens with zero attached hydrogens (tertiary/aromatic N) is 2. The molecule has 0 amide bonds. The average Bonchev–Trinajstić information content (AvgIpc) is 2.65. The van der Waals surface area contributed by atoms with Crippen LogP contribution in [-0.4, -0.2) is 50.7 Å². The molecule has 1 unspecified atom stereocenters. The van der Waals surface area contributed by atoms with E-state index in [4.69, 9.17) is 9.47 Å². The minimum atomic E-state index is -0.257. The van der Waals surface area contributed by atoms with E-state index in [9.17, 15) is 4.39 Å². The molecule has 0 aliphatic carbocycles. The first kappa shape index (κ1) is 17.7. The molecule has 0 spiro atoms. The number of halogens is 1. The molecule has 0 radical (unpaired) electrons. The fourth-order valence-corrected chi connectivity index (χ4v) is 3.37. The van der Waals surface area contributed by atoms with Gasteiger partial charge in [-0.3, -0.25) is 9.80 Å². The fraction of sp³-hybridized carbons (Fsp3) is 0.400. The Labute approximate surface area is 148 Å².